The summed E-state index contributed by atoms with van der Waals surface area (Å²) in [6.45, 7) is 2.18. The van der Waals surface area contributed by atoms with Crippen molar-refractivity contribution in [3.05, 3.63) is 29.8 Å². The summed E-state index contributed by atoms with van der Waals surface area (Å²) in [5.41, 5.74) is 7.48. The van der Waals surface area contributed by atoms with Gasteiger partial charge in [0.2, 0.25) is 0 Å². The average Bonchev–Trinajstić information content (AvgIpc) is 3.11. The van der Waals surface area contributed by atoms with E-state index in [1.165, 1.54) is 29.7 Å². The fourth-order valence-electron chi connectivity index (χ4n) is 1.97. The zero-order valence-corrected chi connectivity index (χ0v) is 10.8. The first-order valence-corrected chi connectivity index (χ1v) is 7.26. The van der Waals surface area contributed by atoms with Crippen molar-refractivity contribution in [1.29, 1.82) is 0 Å². The van der Waals surface area contributed by atoms with Crippen LogP contribution in [0.4, 0.5) is 0 Å². The van der Waals surface area contributed by atoms with E-state index in [1.54, 1.807) is 0 Å². The SMILES string of the molecule is CCSc1ccc(C(N)CCC2CC2)cc1. The van der Waals surface area contributed by atoms with Crippen LogP contribution in [0.1, 0.15) is 44.2 Å². The Morgan fingerprint density at radius 2 is 2.00 bits per heavy atom. The molecule has 0 aromatic heterocycles. The molecule has 1 unspecified atom stereocenters. The molecule has 1 saturated carbocycles. The summed E-state index contributed by atoms with van der Waals surface area (Å²) in [5, 5.41) is 0. The topological polar surface area (TPSA) is 26.0 Å². The molecule has 1 fully saturated rings. The van der Waals surface area contributed by atoms with Crippen LogP contribution in [0.5, 0.6) is 0 Å². The van der Waals surface area contributed by atoms with Crippen molar-refractivity contribution in [2.45, 2.75) is 43.5 Å². The van der Waals surface area contributed by atoms with E-state index in [4.69, 9.17) is 5.73 Å². The fraction of sp³-hybridized carbons (Fsp3) is 0.571. The van der Waals surface area contributed by atoms with Gasteiger partial charge in [0, 0.05) is 10.9 Å². The molecule has 1 atom stereocenters. The molecular formula is C14H21NS. The Morgan fingerprint density at radius 3 is 2.56 bits per heavy atom. The van der Waals surface area contributed by atoms with Crippen LogP contribution in [0.2, 0.25) is 0 Å². The Morgan fingerprint density at radius 1 is 1.31 bits per heavy atom. The predicted molar refractivity (Wildman–Crippen MR) is 71.7 cm³/mol. The van der Waals surface area contributed by atoms with Crippen molar-refractivity contribution in [3.63, 3.8) is 0 Å². The number of thioether (sulfide) groups is 1. The van der Waals surface area contributed by atoms with E-state index in [2.05, 4.69) is 31.2 Å². The number of benzene rings is 1. The van der Waals surface area contributed by atoms with Crippen LogP contribution in [0, 0.1) is 5.92 Å². The molecule has 0 bridgehead atoms. The van der Waals surface area contributed by atoms with Crippen molar-refractivity contribution >= 4 is 11.8 Å². The molecule has 0 spiro atoms. The third-order valence-corrected chi connectivity index (χ3v) is 4.10. The summed E-state index contributed by atoms with van der Waals surface area (Å²) in [5.74, 6) is 2.12. The molecule has 0 aliphatic heterocycles. The van der Waals surface area contributed by atoms with Gasteiger partial charge in [-0.2, -0.15) is 0 Å². The lowest BCUT2D eigenvalue weighted by molar-refractivity contribution is 0.575. The zero-order valence-electron chi connectivity index (χ0n) is 9.99. The third kappa shape index (κ3) is 3.53. The molecule has 16 heavy (non-hydrogen) atoms. The molecule has 1 aromatic carbocycles. The molecule has 88 valence electrons. The van der Waals surface area contributed by atoms with Gasteiger partial charge >= 0.3 is 0 Å². The Kier molecular flexibility index (Phi) is 4.30. The average molecular weight is 235 g/mol. The van der Waals surface area contributed by atoms with Crippen LogP contribution in [0.15, 0.2) is 29.2 Å². The van der Waals surface area contributed by atoms with Crippen molar-refractivity contribution in [1.82, 2.24) is 0 Å². The Labute approximate surface area is 103 Å². The maximum absolute atomic E-state index is 6.19. The number of nitrogens with two attached hydrogens (primary N) is 1. The van der Waals surface area contributed by atoms with Gasteiger partial charge in [-0.05, 0) is 42.2 Å². The Bertz CT molecular complexity index is 316. The van der Waals surface area contributed by atoms with Crippen molar-refractivity contribution in [3.8, 4) is 0 Å². The van der Waals surface area contributed by atoms with Gasteiger partial charge in [0.05, 0.1) is 0 Å². The minimum Gasteiger partial charge on any atom is -0.324 e. The first kappa shape index (κ1) is 12.0. The monoisotopic (exact) mass is 235 g/mol. The predicted octanol–water partition coefficient (Wildman–Crippen LogP) is 3.99. The highest BCUT2D eigenvalue weighted by Crippen LogP contribution is 2.35. The first-order chi connectivity index (χ1) is 7.79. The maximum atomic E-state index is 6.19. The minimum absolute atomic E-state index is 0.237. The summed E-state index contributed by atoms with van der Waals surface area (Å²) < 4.78 is 0. The number of rotatable bonds is 6. The molecular weight excluding hydrogens is 214 g/mol. The molecule has 0 heterocycles. The third-order valence-electron chi connectivity index (χ3n) is 3.20. The number of hydrogen-bond acceptors (Lipinski definition) is 2. The van der Waals surface area contributed by atoms with Crippen LogP contribution in [0.25, 0.3) is 0 Å². The van der Waals surface area contributed by atoms with Crippen LogP contribution < -0.4 is 5.73 Å². The second-order valence-electron chi connectivity index (χ2n) is 4.63. The molecule has 2 heteroatoms. The first-order valence-electron chi connectivity index (χ1n) is 6.28. The van der Waals surface area contributed by atoms with Gasteiger partial charge in [-0.15, -0.1) is 11.8 Å². The van der Waals surface area contributed by atoms with Crippen molar-refractivity contribution in [2.75, 3.05) is 5.75 Å². The highest BCUT2D eigenvalue weighted by molar-refractivity contribution is 7.99. The van der Waals surface area contributed by atoms with E-state index in [-0.39, 0.29) is 6.04 Å². The second-order valence-corrected chi connectivity index (χ2v) is 5.97. The zero-order chi connectivity index (χ0) is 11.4. The van der Waals surface area contributed by atoms with Crippen molar-refractivity contribution in [2.24, 2.45) is 11.7 Å². The standard InChI is InChI=1S/C14H21NS/c1-2-16-13-8-6-12(7-9-13)14(15)10-5-11-3-4-11/h6-9,11,14H,2-5,10,15H2,1H3. The quantitative estimate of drug-likeness (QED) is 0.755. The Hall–Kier alpha value is -0.470. The fourth-order valence-corrected chi connectivity index (χ4v) is 2.63. The van der Waals surface area contributed by atoms with Crippen LogP contribution in [0.3, 0.4) is 0 Å². The van der Waals surface area contributed by atoms with Gasteiger partial charge in [-0.25, -0.2) is 0 Å². The van der Waals surface area contributed by atoms with E-state index >= 15 is 0 Å². The summed E-state index contributed by atoms with van der Waals surface area (Å²) in [6.07, 6.45) is 5.31. The molecule has 2 N–H and O–H groups in total. The van der Waals surface area contributed by atoms with Gasteiger partial charge in [0.25, 0.3) is 0 Å². The van der Waals surface area contributed by atoms with Crippen molar-refractivity contribution < 1.29 is 0 Å². The molecule has 0 amide bonds. The molecule has 0 saturated heterocycles. The van der Waals surface area contributed by atoms with E-state index < -0.39 is 0 Å². The van der Waals surface area contributed by atoms with Gasteiger partial charge in [-0.3, -0.25) is 0 Å². The molecule has 1 aliphatic rings. The van der Waals surface area contributed by atoms with Gasteiger partial charge in [-0.1, -0.05) is 31.9 Å². The maximum Gasteiger partial charge on any atom is 0.0294 e. The number of hydrogen-bond donors (Lipinski definition) is 1. The van der Waals surface area contributed by atoms with Crippen LogP contribution >= 0.6 is 11.8 Å². The van der Waals surface area contributed by atoms with Gasteiger partial charge < -0.3 is 5.73 Å². The molecule has 1 aromatic rings. The van der Waals surface area contributed by atoms with E-state index in [9.17, 15) is 0 Å². The summed E-state index contributed by atoms with van der Waals surface area (Å²) in [6, 6.07) is 9.01. The lowest BCUT2D eigenvalue weighted by atomic mass is 10.0. The molecule has 1 aliphatic carbocycles. The second kappa shape index (κ2) is 5.74. The largest absolute Gasteiger partial charge is 0.324 e. The summed E-state index contributed by atoms with van der Waals surface area (Å²) in [4.78, 5) is 1.35. The summed E-state index contributed by atoms with van der Waals surface area (Å²) in [7, 11) is 0. The smallest absolute Gasteiger partial charge is 0.0294 e. The Balaban J connectivity index is 1.86. The highest BCUT2D eigenvalue weighted by atomic mass is 32.2. The lowest BCUT2D eigenvalue weighted by Crippen LogP contribution is -2.10. The van der Waals surface area contributed by atoms with E-state index in [1.807, 2.05) is 11.8 Å². The van der Waals surface area contributed by atoms with Crippen LogP contribution in [-0.2, 0) is 0 Å². The van der Waals surface area contributed by atoms with E-state index in [0.717, 1.165) is 18.1 Å². The van der Waals surface area contributed by atoms with Crippen LogP contribution in [-0.4, -0.2) is 5.75 Å². The van der Waals surface area contributed by atoms with Gasteiger partial charge in [0.15, 0.2) is 0 Å². The molecule has 2 rings (SSSR count). The lowest BCUT2D eigenvalue weighted by Gasteiger charge is -2.12. The van der Waals surface area contributed by atoms with E-state index in [0.29, 0.717) is 0 Å². The van der Waals surface area contributed by atoms with Gasteiger partial charge in [0.1, 0.15) is 0 Å². The molecule has 1 nitrogen and oxygen atoms in total. The molecule has 0 radical (unpaired) electrons. The summed E-state index contributed by atoms with van der Waals surface area (Å²) >= 11 is 1.88. The minimum atomic E-state index is 0.237. The highest BCUT2D eigenvalue weighted by Gasteiger charge is 2.21. The normalized spacial score (nSPS) is 17.4.